The highest BCUT2D eigenvalue weighted by Gasteiger charge is 2.16. The van der Waals surface area contributed by atoms with Crippen LogP contribution >= 0.6 is 0 Å². The molecule has 1 heterocycles. The molecule has 0 spiro atoms. The van der Waals surface area contributed by atoms with Crippen LogP contribution in [0.15, 0.2) is 59.7 Å². The topological polar surface area (TPSA) is 94.4 Å². The van der Waals surface area contributed by atoms with Crippen LogP contribution in [0.1, 0.15) is 17.4 Å². The normalized spacial score (nSPS) is 14.8. The summed E-state index contributed by atoms with van der Waals surface area (Å²) in [6, 6.07) is 11.8. The van der Waals surface area contributed by atoms with Gasteiger partial charge in [0, 0.05) is 23.9 Å². The number of carbonyl (C=O) groups is 1. The molecule has 0 aromatic heterocycles. The van der Waals surface area contributed by atoms with Crippen molar-refractivity contribution in [2.24, 2.45) is 5.10 Å². The summed E-state index contributed by atoms with van der Waals surface area (Å²) in [6.07, 6.45) is 3.86. The largest absolute Gasteiger partial charge is 0.504 e. The highest BCUT2D eigenvalue weighted by atomic mass is 16.5. The van der Waals surface area contributed by atoms with Crippen LogP contribution in [-0.2, 0) is 4.79 Å². The number of methoxy groups -OCH3 is 1. The molecule has 26 heavy (non-hydrogen) atoms. The Morgan fingerprint density at radius 1 is 1.27 bits per heavy atom. The number of hydrogen-bond donors (Lipinski definition) is 3. The lowest BCUT2D eigenvalue weighted by atomic mass is 10.1. The molecule has 1 unspecified atom stereocenters. The second-order valence-corrected chi connectivity index (χ2v) is 5.66. The number of nitrogens with one attached hydrogen (secondary N) is 1. The average molecular weight is 353 g/mol. The molecule has 2 aromatic carbocycles. The zero-order valence-electron chi connectivity index (χ0n) is 14.2. The Labute approximate surface area is 150 Å². The molecular weight excluding hydrogens is 334 g/mol. The van der Waals surface area contributed by atoms with Gasteiger partial charge in [0.1, 0.15) is 0 Å². The number of aliphatic hydroxyl groups is 1. The number of anilines is 1. The number of hydrogen-bond acceptors (Lipinski definition) is 6. The zero-order valence-corrected chi connectivity index (χ0v) is 14.2. The van der Waals surface area contributed by atoms with Gasteiger partial charge in [0.2, 0.25) is 0 Å². The van der Waals surface area contributed by atoms with Crippen molar-refractivity contribution in [1.82, 2.24) is 5.43 Å². The molecule has 1 aliphatic rings. The minimum atomic E-state index is -0.994. The molecule has 2 aromatic rings. The van der Waals surface area contributed by atoms with Gasteiger partial charge < -0.3 is 19.8 Å². The molecule has 0 bridgehead atoms. The Bertz CT molecular complexity index is 846. The van der Waals surface area contributed by atoms with E-state index in [0.29, 0.717) is 23.4 Å². The highest BCUT2D eigenvalue weighted by molar-refractivity contribution is 6.04. The molecule has 1 atom stereocenters. The molecule has 1 amide bonds. The van der Waals surface area contributed by atoms with Crippen LogP contribution < -0.4 is 15.1 Å². The van der Waals surface area contributed by atoms with E-state index < -0.39 is 6.23 Å². The summed E-state index contributed by atoms with van der Waals surface area (Å²) in [5.74, 6) is 0.339. The first-order chi connectivity index (χ1) is 12.6. The third-order valence-corrected chi connectivity index (χ3v) is 3.95. The van der Waals surface area contributed by atoms with Gasteiger partial charge in [0.15, 0.2) is 17.7 Å². The molecule has 1 aliphatic heterocycles. The van der Waals surface area contributed by atoms with E-state index in [9.17, 15) is 15.0 Å². The van der Waals surface area contributed by atoms with E-state index in [0.717, 1.165) is 5.69 Å². The molecule has 0 saturated heterocycles. The van der Waals surface area contributed by atoms with Crippen LogP contribution in [0.2, 0.25) is 0 Å². The molecule has 0 saturated carbocycles. The Balaban J connectivity index is 1.61. The maximum Gasteiger partial charge on any atom is 0.251 e. The van der Waals surface area contributed by atoms with E-state index in [1.165, 1.54) is 25.5 Å². The lowest BCUT2D eigenvalue weighted by Crippen LogP contribution is -2.24. The zero-order chi connectivity index (χ0) is 18.5. The van der Waals surface area contributed by atoms with Gasteiger partial charge in [-0.25, -0.2) is 0 Å². The summed E-state index contributed by atoms with van der Waals surface area (Å²) in [5, 5.41) is 23.7. The first kappa shape index (κ1) is 17.5. The molecule has 7 nitrogen and oxygen atoms in total. The van der Waals surface area contributed by atoms with Crippen molar-refractivity contribution in [2.45, 2.75) is 6.23 Å². The minimum Gasteiger partial charge on any atom is -0.504 e. The number of amides is 1. The van der Waals surface area contributed by atoms with E-state index in [2.05, 4.69) is 10.5 Å². The van der Waals surface area contributed by atoms with Gasteiger partial charge in [-0.2, -0.15) is 5.10 Å². The van der Waals surface area contributed by atoms with Crippen molar-refractivity contribution in [3.05, 3.63) is 65.7 Å². The number of ether oxygens (including phenoxy) is 1. The SMILES string of the molecule is COc1cc(/C=N/NC(O)c2ccc(N3CC=CC3=O)cc2)ccc1O. The summed E-state index contributed by atoms with van der Waals surface area (Å²) in [5.41, 5.74) is 4.72. The van der Waals surface area contributed by atoms with Crippen LogP contribution in [0.5, 0.6) is 11.5 Å². The molecule has 7 heteroatoms. The Kier molecular flexibility index (Phi) is 5.19. The quantitative estimate of drug-likeness (QED) is 0.419. The third-order valence-electron chi connectivity index (χ3n) is 3.95. The maximum atomic E-state index is 11.7. The van der Waals surface area contributed by atoms with Gasteiger partial charge in [0.05, 0.1) is 13.3 Å². The molecular formula is C19H19N3O4. The van der Waals surface area contributed by atoms with Gasteiger partial charge in [-0.1, -0.05) is 18.2 Å². The van der Waals surface area contributed by atoms with Crippen LogP contribution in [0, 0.1) is 0 Å². The van der Waals surface area contributed by atoms with Crippen molar-refractivity contribution < 1.29 is 19.7 Å². The van der Waals surface area contributed by atoms with Gasteiger partial charge in [-0.3, -0.25) is 10.2 Å². The monoisotopic (exact) mass is 353 g/mol. The number of carbonyl (C=O) groups excluding carboxylic acids is 1. The van der Waals surface area contributed by atoms with Crippen molar-refractivity contribution in [1.29, 1.82) is 0 Å². The number of benzene rings is 2. The average Bonchev–Trinajstić information content (AvgIpc) is 3.09. The van der Waals surface area contributed by atoms with Crippen LogP contribution in [0.4, 0.5) is 5.69 Å². The molecule has 0 aliphatic carbocycles. The standard InChI is InChI=1S/C19H19N3O4/c1-26-17-11-13(4-9-16(17)23)12-20-21-19(25)14-5-7-15(8-6-14)22-10-2-3-18(22)24/h2-9,11-12,19,21,23,25H,10H2,1H3/b20-12+. The minimum absolute atomic E-state index is 0.0458. The second-order valence-electron chi connectivity index (χ2n) is 5.66. The predicted octanol–water partition coefficient (Wildman–Crippen LogP) is 1.92. The van der Waals surface area contributed by atoms with E-state index in [1.54, 1.807) is 47.4 Å². The van der Waals surface area contributed by atoms with Gasteiger partial charge in [0.25, 0.3) is 5.91 Å². The summed E-state index contributed by atoms with van der Waals surface area (Å²) in [4.78, 5) is 13.3. The fourth-order valence-corrected chi connectivity index (χ4v) is 2.54. The summed E-state index contributed by atoms with van der Waals surface area (Å²) in [7, 11) is 1.47. The lowest BCUT2D eigenvalue weighted by Gasteiger charge is -2.17. The summed E-state index contributed by atoms with van der Waals surface area (Å²) >= 11 is 0. The van der Waals surface area contributed by atoms with Crippen molar-refractivity contribution in [2.75, 3.05) is 18.6 Å². The molecule has 3 N–H and O–H groups in total. The maximum absolute atomic E-state index is 11.7. The Morgan fingerprint density at radius 3 is 2.69 bits per heavy atom. The lowest BCUT2D eigenvalue weighted by molar-refractivity contribution is -0.113. The Morgan fingerprint density at radius 2 is 2.04 bits per heavy atom. The van der Waals surface area contributed by atoms with Crippen LogP contribution in [-0.4, -0.2) is 36.0 Å². The van der Waals surface area contributed by atoms with Crippen molar-refractivity contribution >= 4 is 17.8 Å². The van der Waals surface area contributed by atoms with Crippen molar-refractivity contribution in [3.8, 4) is 11.5 Å². The fraction of sp³-hybridized carbons (Fsp3) is 0.158. The van der Waals surface area contributed by atoms with Crippen molar-refractivity contribution in [3.63, 3.8) is 0 Å². The summed E-state index contributed by atoms with van der Waals surface area (Å²) < 4.78 is 5.03. The van der Waals surface area contributed by atoms with Crippen LogP contribution in [0.3, 0.4) is 0 Å². The number of nitrogens with zero attached hydrogens (tertiary/aromatic N) is 2. The second kappa shape index (κ2) is 7.71. The van der Waals surface area contributed by atoms with E-state index in [1.807, 2.05) is 0 Å². The number of phenolic OH excluding ortho intramolecular Hbond substituents is 1. The fourth-order valence-electron chi connectivity index (χ4n) is 2.54. The molecule has 134 valence electrons. The predicted molar refractivity (Wildman–Crippen MR) is 98.3 cm³/mol. The number of aliphatic hydroxyl groups excluding tert-OH is 1. The Hall–Kier alpha value is -3.32. The van der Waals surface area contributed by atoms with Gasteiger partial charge >= 0.3 is 0 Å². The molecule has 0 radical (unpaired) electrons. The number of hydrazone groups is 1. The highest BCUT2D eigenvalue weighted by Crippen LogP contribution is 2.25. The van der Waals surface area contributed by atoms with E-state index >= 15 is 0 Å². The van der Waals surface area contributed by atoms with Gasteiger partial charge in [-0.15, -0.1) is 0 Å². The number of aromatic hydroxyl groups is 1. The molecule has 0 fully saturated rings. The van der Waals surface area contributed by atoms with Gasteiger partial charge in [-0.05, 0) is 35.9 Å². The summed E-state index contributed by atoms with van der Waals surface area (Å²) in [6.45, 7) is 0.555. The molecule has 3 rings (SSSR count). The van der Waals surface area contributed by atoms with E-state index in [4.69, 9.17) is 4.74 Å². The van der Waals surface area contributed by atoms with E-state index in [-0.39, 0.29) is 11.7 Å². The third kappa shape index (κ3) is 3.84. The first-order valence-corrected chi connectivity index (χ1v) is 8.00. The van der Waals surface area contributed by atoms with Crippen LogP contribution in [0.25, 0.3) is 0 Å². The number of rotatable bonds is 6. The smallest absolute Gasteiger partial charge is 0.251 e. The first-order valence-electron chi connectivity index (χ1n) is 8.00. The number of phenols is 1.